The van der Waals surface area contributed by atoms with E-state index in [0.717, 1.165) is 4.90 Å². The first-order valence-corrected chi connectivity index (χ1v) is 10.8. The van der Waals surface area contributed by atoms with E-state index < -0.39 is 23.2 Å². The lowest BCUT2D eigenvalue weighted by Crippen LogP contribution is -2.39. The van der Waals surface area contributed by atoms with Crippen LogP contribution < -0.4 is 15.0 Å². The van der Waals surface area contributed by atoms with Crippen LogP contribution >= 0.6 is 0 Å². The molecule has 0 atom stereocenters. The third kappa shape index (κ3) is 3.36. The Morgan fingerprint density at radius 2 is 1.47 bits per heavy atom. The summed E-state index contributed by atoms with van der Waals surface area (Å²) in [4.78, 5) is 42.0. The molecule has 1 aliphatic rings. The molecule has 2 amide bonds. The van der Waals surface area contributed by atoms with E-state index in [1.165, 1.54) is 28.9 Å². The standard InChI is InChI=1S/C26H19FN4O3/c1-2-20-21(25(33)31(28-20)19-13-11-17(27)12-14-19)22-23(29-15-7-4-8-16-29)26(34)30(24(22)32)18-9-5-3-6-10-18/h3-16H,2H2,1H3/p+1. The minimum Gasteiger partial charge on any atom is -0.294 e. The van der Waals surface area contributed by atoms with Gasteiger partial charge in [-0.3, -0.25) is 19.5 Å². The summed E-state index contributed by atoms with van der Waals surface area (Å²) in [6, 6.07) is 19.3. The third-order valence-electron chi connectivity index (χ3n) is 5.70. The molecular weight excluding hydrogens is 435 g/mol. The fraction of sp³-hybridized carbons (Fsp3) is 0.0769. The second-order valence-corrected chi connectivity index (χ2v) is 7.72. The van der Waals surface area contributed by atoms with Crippen LogP contribution in [0.1, 0.15) is 18.2 Å². The van der Waals surface area contributed by atoms with E-state index in [1.807, 2.05) is 6.92 Å². The Hall–Kier alpha value is -4.59. The number of benzene rings is 2. The topological polar surface area (TPSA) is 79.1 Å². The summed E-state index contributed by atoms with van der Waals surface area (Å²) >= 11 is 0. The number of para-hydroxylation sites is 1. The molecule has 1 aliphatic heterocycles. The molecule has 2 aromatic carbocycles. The molecule has 0 aliphatic carbocycles. The highest BCUT2D eigenvalue weighted by Crippen LogP contribution is 2.33. The molecule has 0 saturated heterocycles. The van der Waals surface area contributed by atoms with E-state index in [2.05, 4.69) is 5.10 Å². The van der Waals surface area contributed by atoms with E-state index >= 15 is 0 Å². The van der Waals surface area contributed by atoms with Crippen LogP contribution in [0.4, 0.5) is 10.1 Å². The number of halogens is 1. The van der Waals surface area contributed by atoms with Gasteiger partial charge < -0.3 is 0 Å². The number of nitrogens with zero attached hydrogens (tertiary/aromatic N) is 3. The van der Waals surface area contributed by atoms with Crippen molar-refractivity contribution in [2.45, 2.75) is 13.3 Å². The number of hydrogen-bond acceptors (Lipinski definition) is 3. The fourth-order valence-corrected chi connectivity index (χ4v) is 4.11. The first kappa shape index (κ1) is 21.3. The number of aromatic amines is 1. The molecule has 0 unspecified atom stereocenters. The van der Waals surface area contributed by atoms with Gasteiger partial charge in [-0.2, -0.15) is 4.57 Å². The summed E-state index contributed by atoms with van der Waals surface area (Å²) in [6.45, 7) is 1.84. The molecule has 34 heavy (non-hydrogen) atoms. The molecule has 4 aromatic rings. The van der Waals surface area contributed by atoms with Gasteiger partial charge in [0.15, 0.2) is 12.4 Å². The zero-order chi connectivity index (χ0) is 23.8. The average Bonchev–Trinajstić information content (AvgIpc) is 3.32. The maximum absolute atomic E-state index is 13.7. The number of anilines is 1. The van der Waals surface area contributed by atoms with Gasteiger partial charge in [0.1, 0.15) is 11.4 Å². The van der Waals surface area contributed by atoms with Crippen LogP contribution in [0.5, 0.6) is 0 Å². The highest BCUT2D eigenvalue weighted by molar-refractivity contribution is 6.53. The lowest BCUT2D eigenvalue weighted by Gasteiger charge is -2.13. The molecule has 0 bridgehead atoms. The first-order valence-electron chi connectivity index (χ1n) is 10.8. The maximum atomic E-state index is 13.7. The maximum Gasteiger partial charge on any atom is 0.331 e. The molecule has 1 N–H and O–H groups in total. The Kier molecular flexibility index (Phi) is 5.25. The van der Waals surface area contributed by atoms with Crippen molar-refractivity contribution in [2.24, 2.45) is 0 Å². The van der Waals surface area contributed by atoms with Gasteiger partial charge in [0.25, 0.3) is 17.2 Å². The largest absolute Gasteiger partial charge is 0.331 e. The Labute approximate surface area is 194 Å². The van der Waals surface area contributed by atoms with Crippen LogP contribution in [-0.2, 0) is 16.0 Å². The van der Waals surface area contributed by atoms with Gasteiger partial charge in [0.05, 0.1) is 16.9 Å². The Bertz CT molecular complexity index is 1490. The van der Waals surface area contributed by atoms with Crippen molar-refractivity contribution in [3.8, 4) is 5.69 Å². The van der Waals surface area contributed by atoms with Gasteiger partial charge >= 0.3 is 5.91 Å². The van der Waals surface area contributed by atoms with Crippen molar-refractivity contribution in [3.05, 3.63) is 113 Å². The van der Waals surface area contributed by atoms with E-state index in [1.54, 1.807) is 65.5 Å². The van der Waals surface area contributed by atoms with Gasteiger partial charge in [-0.15, -0.1) is 0 Å². The molecule has 2 aromatic heterocycles. The van der Waals surface area contributed by atoms with Crippen LogP contribution in [-0.4, -0.2) is 21.6 Å². The van der Waals surface area contributed by atoms with E-state index in [-0.39, 0.29) is 16.8 Å². The van der Waals surface area contributed by atoms with Crippen molar-refractivity contribution in [3.63, 3.8) is 0 Å². The quantitative estimate of drug-likeness (QED) is 0.371. The number of H-pyrrole nitrogens is 1. The second-order valence-electron chi connectivity index (χ2n) is 7.72. The van der Waals surface area contributed by atoms with Crippen LogP contribution in [0.25, 0.3) is 17.0 Å². The Morgan fingerprint density at radius 1 is 0.824 bits per heavy atom. The summed E-state index contributed by atoms with van der Waals surface area (Å²) in [5.41, 5.74) is 1.05. The summed E-state index contributed by atoms with van der Waals surface area (Å²) < 4.78 is 16.3. The minimum absolute atomic E-state index is 0.0176. The smallest absolute Gasteiger partial charge is 0.294 e. The number of aromatic nitrogens is 3. The minimum atomic E-state index is -0.584. The molecule has 0 saturated carbocycles. The molecule has 168 valence electrons. The Morgan fingerprint density at radius 3 is 2.12 bits per heavy atom. The number of imide groups is 1. The van der Waals surface area contributed by atoms with Crippen molar-refractivity contribution < 1.29 is 18.5 Å². The third-order valence-corrected chi connectivity index (χ3v) is 5.70. The van der Waals surface area contributed by atoms with Crippen molar-refractivity contribution in [1.82, 2.24) is 9.78 Å². The van der Waals surface area contributed by atoms with Crippen molar-refractivity contribution >= 4 is 28.8 Å². The monoisotopic (exact) mass is 455 g/mol. The number of hydrogen-bond donors (Lipinski definition) is 1. The van der Waals surface area contributed by atoms with E-state index in [4.69, 9.17) is 0 Å². The predicted octanol–water partition coefficient (Wildman–Crippen LogP) is 3.10. The lowest BCUT2D eigenvalue weighted by molar-refractivity contribution is -0.576. The number of rotatable bonds is 5. The molecule has 8 heteroatoms. The van der Waals surface area contributed by atoms with E-state index in [0.29, 0.717) is 23.5 Å². The SMILES string of the molecule is CCc1[nH]n(-c2ccc(F)cc2)c(=O)c1C1=C([n+]2ccccc2)C(=O)N(c2ccccc2)C1=O. The zero-order valence-electron chi connectivity index (χ0n) is 18.2. The van der Waals surface area contributed by atoms with Crippen LogP contribution in [0.3, 0.4) is 0 Å². The number of pyridine rings is 1. The van der Waals surface area contributed by atoms with Gasteiger partial charge in [-0.1, -0.05) is 31.2 Å². The molecule has 0 radical (unpaired) electrons. The highest BCUT2D eigenvalue weighted by Gasteiger charge is 2.48. The first-order chi connectivity index (χ1) is 16.5. The molecule has 7 nitrogen and oxygen atoms in total. The molecule has 0 spiro atoms. The number of amides is 2. The van der Waals surface area contributed by atoms with Crippen LogP contribution in [0, 0.1) is 5.82 Å². The van der Waals surface area contributed by atoms with Crippen molar-refractivity contribution in [2.75, 3.05) is 4.90 Å². The normalized spacial score (nSPS) is 13.8. The molecule has 0 fully saturated rings. The number of carbonyl (C=O) groups is 2. The molecule has 5 rings (SSSR count). The number of carbonyl (C=O) groups excluding carboxylic acids is 2. The summed E-state index contributed by atoms with van der Waals surface area (Å²) in [5.74, 6) is -1.54. The van der Waals surface area contributed by atoms with Gasteiger partial charge in [0, 0.05) is 17.8 Å². The zero-order valence-corrected chi connectivity index (χ0v) is 18.2. The highest BCUT2D eigenvalue weighted by atomic mass is 19.1. The summed E-state index contributed by atoms with van der Waals surface area (Å²) in [6.07, 6.45) is 3.72. The van der Waals surface area contributed by atoms with Crippen molar-refractivity contribution in [1.29, 1.82) is 0 Å². The Balaban J connectivity index is 1.77. The average molecular weight is 455 g/mol. The van der Waals surface area contributed by atoms with Gasteiger partial charge in [-0.05, 0) is 42.8 Å². The summed E-state index contributed by atoms with van der Waals surface area (Å²) in [7, 11) is 0. The van der Waals surface area contributed by atoms with Gasteiger partial charge in [-0.25, -0.2) is 14.0 Å². The number of nitrogens with one attached hydrogen (secondary N) is 1. The van der Waals surface area contributed by atoms with Crippen LogP contribution in [0.15, 0.2) is 90.0 Å². The fourth-order valence-electron chi connectivity index (χ4n) is 4.11. The second kappa shape index (κ2) is 8.40. The molecule has 3 heterocycles. The van der Waals surface area contributed by atoms with Crippen LogP contribution in [0.2, 0.25) is 0 Å². The molecular formula is C26H20FN4O3+. The van der Waals surface area contributed by atoms with Gasteiger partial charge in [0.2, 0.25) is 0 Å². The summed E-state index contributed by atoms with van der Waals surface area (Å²) in [5, 5.41) is 3.03. The predicted molar refractivity (Wildman–Crippen MR) is 124 cm³/mol. The van der Waals surface area contributed by atoms with E-state index in [9.17, 15) is 18.8 Å². The number of aryl methyl sites for hydroxylation is 1. The lowest BCUT2D eigenvalue weighted by atomic mass is 10.0.